The van der Waals surface area contributed by atoms with Crippen LogP contribution < -0.4 is 0 Å². The van der Waals surface area contributed by atoms with E-state index in [1.165, 1.54) is 31.2 Å². The molecule has 62 valence electrons. The second-order valence-electron chi connectivity index (χ2n) is 2.72. The van der Waals surface area contributed by atoms with E-state index < -0.39 is 5.60 Å². The van der Waals surface area contributed by atoms with Gasteiger partial charge in [0.2, 0.25) is 0 Å². The summed E-state index contributed by atoms with van der Waals surface area (Å²) in [5.41, 5.74) is -0.792. The molecule has 0 amide bonds. The molecule has 0 aliphatic rings. The van der Waals surface area contributed by atoms with Gasteiger partial charge >= 0.3 is 0 Å². The van der Waals surface area contributed by atoms with E-state index in [2.05, 4.69) is 5.92 Å². The molecule has 1 nitrogen and oxygen atoms in total. The maximum atomic E-state index is 12.4. The van der Waals surface area contributed by atoms with E-state index >= 15 is 0 Å². The van der Waals surface area contributed by atoms with Gasteiger partial charge in [0.25, 0.3) is 0 Å². The molecular formula is C10H9FO. The first-order chi connectivity index (χ1) is 5.56. The normalized spacial score (nSPS) is 14.8. The van der Waals surface area contributed by atoms with Gasteiger partial charge in [-0.15, -0.1) is 6.42 Å². The highest BCUT2D eigenvalue weighted by Crippen LogP contribution is 2.18. The van der Waals surface area contributed by atoms with Crippen molar-refractivity contribution in [1.82, 2.24) is 0 Å². The summed E-state index contributed by atoms with van der Waals surface area (Å²) in [6.07, 6.45) is 5.08. The van der Waals surface area contributed by atoms with Crippen LogP contribution in [0.4, 0.5) is 4.39 Å². The first-order valence-corrected chi connectivity index (χ1v) is 3.52. The number of hydrogen-bond acceptors (Lipinski definition) is 1. The topological polar surface area (TPSA) is 20.2 Å². The third kappa shape index (κ3) is 1.63. The van der Waals surface area contributed by atoms with Gasteiger partial charge in [0, 0.05) is 0 Å². The van der Waals surface area contributed by atoms with Crippen LogP contribution in [-0.2, 0) is 5.60 Å². The third-order valence-corrected chi connectivity index (χ3v) is 1.69. The highest BCUT2D eigenvalue weighted by molar-refractivity contribution is 5.29. The summed E-state index contributed by atoms with van der Waals surface area (Å²) < 4.78 is 12.4. The first-order valence-electron chi connectivity index (χ1n) is 3.52. The Morgan fingerprint density at radius 3 is 2.33 bits per heavy atom. The molecule has 0 saturated carbocycles. The van der Waals surface area contributed by atoms with Crippen molar-refractivity contribution in [3.05, 3.63) is 35.6 Å². The predicted molar refractivity (Wildman–Crippen MR) is 44.8 cm³/mol. The Balaban J connectivity index is 3.07. The van der Waals surface area contributed by atoms with Crippen LogP contribution in [0.15, 0.2) is 24.3 Å². The molecule has 12 heavy (non-hydrogen) atoms. The van der Waals surface area contributed by atoms with Crippen LogP contribution in [0.5, 0.6) is 0 Å². The number of aliphatic hydroxyl groups is 1. The van der Waals surface area contributed by atoms with Crippen molar-refractivity contribution in [3.63, 3.8) is 0 Å². The van der Waals surface area contributed by atoms with Crippen LogP contribution >= 0.6 is 0 Å². The predicted octanol–water partition coefficient (Wildman–Crippen LogP) is 1.67. The van der Waals surface area contributed by atoms with Crippen molar-refractivity contribution in [3.8, 4) is 12.3 Å². The minimum atomic E-state index is -1.31. The van der Waals surface area contributed by atoms with Crippen molar-refractivity contribution in [1.29, 1.82) is 0 Å². The molecule has 0 radical (unpaired) electrons. The zero-order valence-corrected chi connectivity index (χ0v) is 6.71. The first kappa shape index (κ1) is 8.76. The fraction of sp³-hybridized carbons (Fsp3) is 0.200. The van der Waals surface area contributed by atoms with Crippen molar-refractivity contribution < 1.29 is 9.50 Å². The summed E-state index contributed by atoms with van der Waals surface area (Å²) in [5.74, 6) is 1.87. The molecule has 1 rings (SSSR count). The van der Waals surface area contributed by atoms with Gasteiger partial charge < -0.3 is 5.11 Å². The van der Waals surface area contributed by atoms with Crippen LogP contribution in [0, 0.1) is 18.2 Å². The maximum Gasteiger partial charge on any atom is 0.147 e. The molecule has 0 heterocycles. The average Bonchev–Trinajstić information content (AvgIpc) is 2.05. The lowest BCUT2D eigenvalue weighted by molar-refractivity contribution is 0.122. The summed E-state index contributed by atoms with van der Waals surface area (Å²) >= 11 is 0. The Labute approximate surface area is 70.9 Å². The fourth-order valence-electron chi connectivity index (χ4n) is 0.858. The second kappa shape index (κ2) is 2.96. The Morgan fingerprint density at radius 2 is 1.92 bits per heavy atom. The standard InChI is InChI=1S/C10H9FO/c1-3-10(2,12)8-4-6-9(11)7-5-8/h1,4-7,12H,2H3. The van der Waals surface area contributed by atoms with Crippen LogP contribution in [-0.4, -0.2) is 5.11 Å². The number of terminal acetylenes is 1. The Morgan fingerprint density at radius 1 is 1.42 bits per heavy atom. The largest absolute Gasteiger partial charge is 0.374 e. The number of hydrogen-bond donors (Lipinski definition) is 1. The summed E-state index contributed by atoms with van der Waals surface area (Å²) in [6, 6.07) is 5.46. The van der Waals surface area contributed by atoms with E-state index in [9.17, 15) is 9.50 Å². The molecule has 0 fully saturated rings. The average molecular weight is 164 g/mol. The van der Waals surface area contributed by atoms with E-state index in [0.717, 1.165) is 0 Å². The molecule has 1 aromatic carbocycles. The van der Waals surface area contributed by atoms with Crippen LogP contribution in [0.25, 0.3) is 0 Å². The lowest BCUT2D eigenvalue weighted by Crippen LogP contribution is -2.17. The van der Waals surface area contributed by atoms with E-state index in [4.69, 9.17) is 6.42 Å². The molecule has 0 spiro atoms. The van der Waals surface area contributed by atoms with Crippen LogP contribution in [0.3, 0.4) is 0 Å². The summed E-state index contributed by atoms with van der Waals surface area (Å²) in [6.45, 7) is 1.49. The molecule has 1 unspecified atom stereocenters. The minimum absolute atomic E-state index is 0.341. The summed E-state index contributed by atoms with van der Waals surface area (Å²) in [7, 11) is 0. The van der Waals surface area contributed by atoms with Crippen molar-refractivity contribution in [2.24, 2.45) is 0 Å². The molecule has 0 aliphatic heterocycles. The Bertz CT molecular complexity index is 306. The maximum absolute atomic E-state index is 12.4. The highest BCUT2D eigenvalue weighted by atomic mass is 19.1. The van der Waals surface area contributed by atoms with Gasteiger partial charge in [0.1, 0.15) is 11.4 Å². The zero-order chi connectivity index (χ0) is 9.19. The molecule has 0 aliphatic carbocycles. The van der Waals surface area contributed by atoms with E-state index in [-0.39, 0.29) is 5.82 Å². The molecule has 1 atom stereocenters. The van der Waals surface area contributed by atoms with Gasteiger partial charge in [0.05, 0.1) is 0 Å². The smallest absolute Gasteiger partial charge is 0.147 e. The lowest BCUT2D eigenvalue weighted by atomic mass is 9.97. The Kier molecular flexibility index (Phi) is 2.16. The highest BCUT2D eigenvalue weighted by Gasteiger charge is 2.18. The van der Waals surface area contributed by atoms with Crippen LogP contribution in [0.1, 0.15) is 12.5 Å². The van der Waals surface area contributed by atoms with Gasteiger partial charge in [-0.1, -0.05) is 18.1 Å². The van der Waals surface area contributed by atoms with E-state index in [1.807, 2.05) is 0 Å². The minimum Gasteiger partial charge on any atom is -0.374 e. The van der Waals surface area contributed by atoms with Gasteiger partial charge in [-0.2, -0.15) is 0 Å². The quantitative estimate of drug-likeness (QED) is 0.626. The molecule has 1 N–H and O–H groups in total. The summed E-state index contributed by atoms with van der Waals surface area (Å²) in [5, 5.41) is 9.53. The SMILES string of the molecule is C#CC(C)(O)c1ccc(F)cc1. The molecule has 0 bridgehead atoms. The molecule has 0 aromatic heterocycles. The fourth-order valence-corrected chi connectivity index (χ4v) is 0.858. The second-order valence-corrected chi connectivity index (χ2v) is 2.72. The molecule has 2 heteroatoms. The number of rotatable bonds is 1. The monoisotopic (exact) mass is 164 g/mol. The lowest BCUT2D eigenvalue weighted by Gasteiger charge is -2.15. The Hall–Kier alpha value is -1.33. The molecular weight excluding hydrogens is 155 g/mol. The van der Waals surface area contributed by atoms with E-state index in [1.54, 1.807) is 0 Å². The number of benzene rings is 1. The molecule has 1 aromatic rings. The number of halogens is 1. The van der Waals surface area contributed by atoms with Gasteiger partial charge in [-0.05, 0) is 24.6 Å². The van der Waals surface area contributed by atoms with Crippen LogP contribution in [0.2, 0.25) is 0 Å². The van der Waals surface area contributed by atoms with E-state index in [0.29, 0.717) is 5.56 Å². The van der Waals surface area contributed by atoms with Crippen molar-refractivity contribution >= 4 is 0 Å². The van der Waals surface area contributed by atoms with Gasteiger partial charge in [-0.3, -0.25) is 0 Å². The summed E-state index contributed by atoms with van der Waals surface area (Å²) in [4.78, 5) is 0. The van der Waals surface area contributed by atoms with Crippen molar-refractivity contribution in [2.75, 3.05) is 0 Å². The van der Waals surface area contributed by atoms with Gasteiger partial charge in [0.15, 0.2) is 0 Å². The third-order valence-electron chi connectivity index (χ3n) is 1.69. The zero-order valence-electron chi connectivity index (χ0n) is 6.71. The van der Waals surface area contributed by atoms with Gasteiger partial charge in [-0.25, -0.2) is 4.39 Å². The van der Waals surface area contributed by atoms with Crippen molar-refractivity contribution in [2.45, 2.75) is 12.5 Å². The molecule has 0 saturated heterocycles.